The molecule has 0 bridgehead atoms. The van der Waals surface area contributed by atoms with Crippen LogP contribution in [0.3, 0.4) is 0 Å². The van der Waals surface area contributed by atoms with Crippen LogP contribution >= 0.6 is 0 Å². The van der Waals surface area contributed by atoms with E-state index in [4.69, 9.17) is 4.74 Å². The molecule has 0 unspecified atom stereocenters. The number of amides is 2. The molecule has 1 aromatic heterocycles. The first-order chi connectivity index (χ1) is 13.1. The molecule has 3 rings (SSSR count). The second-order valence-corrected chi connectivity index (χ2v) is 6.48. The monoisotopic (exact) mass is 368 g/mol. The van der Waals surface area contributed by atoms with Crippen molar-refractivity contribution in [2.45, 2.75) is 25.8 Å². The number of aromatic nitrogens is 1. The number of likely N-dealkylation sites (N-methyl/N-ethyl adjacent to an activating group) is 1. The van der Waals surface area contributed by atoms with Gasteiger partial charge < -0.3 is 20.3 Å². The second-order valence-electron chi connectivity index (χ2n) is 6.48. The van der Waals surface area contributed by atoms with Crippen LogP contribution in [0.1, 0.15) is 30.1 Å². The number of nitrogens with zero attached hydrogens (tertiary/aromatic N) is 2. The van der Waals surface area contributed by atoms with E-state index in [1.165, 1.54) is 4.90 Å². The second kappa shape index (κ2) is 8.53. The molecule has 27 heavy (non-hydrogen) atoms. The van der Waals surface area contributed by atoms with Crippen LogP contribution in [0.2, 0.25) is 0 Å². The van der Waals surface area contributed by atoms with Gasteiger partial charge in [0.05, 0.1) is 18.7 Å². The van der Waals surface area contributed by atoms with E-state index in [-0.39, 0.29) is 24.4 Å². The van der Waals surface area contributed by atoms with Gasteiger partial charge in [-0.2, -0.15) is 0 Å². The maximum absolute atomic E-state index is 12.8. The third kappa shape index (κ3) is 5.20. The predicted molar refractivity (Wildman–Crippen MR) is 103 cm³/mol. The average molecular weight is 368 g/mol. The Morgan fingerprint density at radius 2 is 1.96 bits per heavy atom. The summed E-state index contributed by atoms with van der Waals surface area (Å²) < 4.78 is 5.43. The smallest absolute Gasteiger partial charge is 0.257 e. The standard InChI is InChI=1S/C20H24N4O3/c1-3-27-16-10-8-15(9-11-16)23-19-17(5-4-12-21-19)20(26)24(2)13-18(25)22-14-6-7-14/h4-5,8-12,14H,3,6-7,13H2,1-2H3,(H,21,23)(H,22,25). The van der Waals surface area contributed by atoms with Gasteiger partial charge in [-0.15, -0.1) is 0 Å². The Balaban J connectivity index is 1.68. The van der Waals surface area contributed by atoms with Crippen molar-refractivity contribution in [3.8, 4) is 5.75 Å². The summed E-state index contributed by atoms with van der Waals surface area (Å²) in [5, 5.41) is 6.04. The van der Waals surface area contributed by atoms with E-state index < -0.39 is 0 Å². The van der Waals surface area contributed by atoms with E-state index in [0.717, 1.165) is 24.3 Å². The van der Waals surface area contributed by atoms with Gasteiger partial charge in [-0.1, -0.05) is 0 Å². The fourth-order valence-electron chi connectivity index (χ4n) is 2.61. The van der Waals surface area contributed by atoms with Crippen molar-refractivity contribution in [3.63, 3.8) is 0 Å². The van der Waals surface area contributed by atoms with Crippen molar-refractivity contribution < 1.29 is 14.3 Å². The SMILES string of the molecule is CCOc1ccc(Nc2ncccc2C(=O)N(C)CC(=O)NC2CC2)cc1. The fourth-order valence-corrected chi connectivity index (χ4v) is 2.61. The molecule has 1 aliphatic rings. The van der Waals surface area contributed by atoms with Crippen molar-refractivity contribution in [1.29, 1.82) is 0 Å². The van der Waals surface area contributed by atoms with Crippen LogP contribution < -0.4 is 15.4 Å². The average Bonchev–Trinajstić information content (AvgIpc) is 3.47. The number of hydrogen-bond donors (Lipinski definition) is 2. The first-order valence-corrected chi connectivity index (χ1v) is 9.06. The van der Waals surface area contributed by atoms with Gasteiger partial charge in [0.2, 0.25) is 5.91 Å². The number of carbonyl (C=O) groups is 2. The Labute approximate surface area is 158 Å². The van der Waals surface area contributed by atoms with Crippen LogP contribution in [0.5, 0.6) is 5.75 Å². The first kappa shape index (κ1) is 18.7. The highest BCUT2D eigenvalue weighted by Gasteiger charge is 2.25. The Bertz CT molecular complexity index is 803. The Morgan fingerprint density at radius 3 is 2.63 bits per heavy atom. The van der Waals surface area contributed by atoms with E-state index >= 15 is 0 Å². The number of ether oxygens (including phenoxy) is 1. The van der Waals surface area contributed by atoms with Gasteiger partial charge in [0.1, 0.15) is 11.6 Å². The topological polar surface area (TPSA) is 83.6 Å². The number of rotatable bonds is 8. The molecule has 1 fully saturated rings. The molecule has 2 N–H and O–H groups in total. The summed E-state index contributed by atoms with van der Waals surface area (Å²) in [6, 6.07) is 11.1. The van der Waals surface area contributed by atoms with Crippen LogP contribution in [-0.4, -0.2) is 47.9 Å². The largest absolute Gasteiger partial charge is 0.494 e. The van der Waals surface area contributed by atoms with Crippen molar-refractivity contribution in [1.82, 2.24) is 15.2 Å². The number of carbonyl (C=O) groups excluding carboxylic acids is 2. The van der Waals surface area contributed by atoms with E-state index in [1.54, 1.807) is 25.4 Å². The minimum absolute atomic E-state index is 0.0206. The van der Waals surface area contributed by atoms with E-state index in [2.05, 4.69) is 15.6 Å². The highest BCUT2D eigenvalue weighted by molar-refractivity contribution is 6.00. The molecule has 1 aromatic carbocycles. The van der Waals surface area contributed by atoms with E-state index in [0.29, 0.717) is 18.0 Å². The zero-order valence-electron chi connectivity index (χ0n) is 15.6. The maximum atomic E-state index is 12.8. The van der Waals surface area contributed by atoms with Crippen molar-refractivity contribution in [2.75, 3.05) is 25.5 Å². The lowest BCUT2D eigenvalue weighted by molar-refractivity contribution is -0.121. The third-order valence-electron chi connectivity index (χ3n) is 4.14. The van der Waals surface area contributed by atoms with Crippen LogP contribution in [0.4, 0.5) is 11.5 Å². The molecular formula is C20H24N4O3. The number of pyridine rings is 1. The van der Waals surface area contributed by atoms with Gasteiger partial charge in [0.25, 0.3) is 5.91 Å². The van der Waals surface area contributed by atoms with Gasteiger partial charge in [-0.3, -0.25) is 9.59 Å². The van der Waals surface area contributed by atoms with E-state index in [9.17, 15) is 9.59 Å². The Kier molecular flexibility index (Phi) is 5.90. The lowest BCUT2D eigenvalue weighted by Crippen LogP contribution is -2.39. The number of nitrogens with one attached hydrogen (secondary N) is 2. The molecule has 7 heteroatoms. The molecule has 1 aliphatic carbocycles. The summed E-state index contributed by atoms with van der Waals surface area (Å²) in [5.74, 6) is 0.823. The molecule has 7 nitrogen and oxygen atoms in total. The normalized spacial score (nSPS) is 13.0. The van der Waals surface area contributed by atoms with Gasteiger partial charge in [-0.25, -0.2) is 4.98 Å². The molecule has 2 aromatic rings. The van der Waals surface area contributed by atoms with Crippen molar-refractivity contribution in [2.24, 2.45) is 0 Å². The minimum Gasteiger partial charge on any atom is -0.494 e. The lowest BCUT2D eigenvalue weighted by atomic mass is 10.2. The molecule has 0 spiro atoms. The zero-order chi connectivity index (χ0) is 19.2. The minimum atomic E-state index is -0.262. The van der Waals surface area contributed by atoms with Gasteiger partial charge in [0, 0.05) is 25.0 Å². The van der Waals surface area contributed by atoms with Crippen LogP contribution in [0.25, 0.3) is 0 Å². The molecule has 142 valence electrons. The Hall–Kier alpha value is -3.09. The lowest BCUT2D eigenvalue weighted by Gasteiger charge is -2.18. The summed E-state index contributed by atoms with van der Waals surface area (Å²) in [7, 11) is 1.61. The zero-order valence-corrected chi connectivity index (χ0v) is 15.6. The molecule has 0 saturated heterocycles. The molecule has 1 saturated carbocycles. The number of hydrogen-bond acceptors (Lipinski definition) is 5. The van der Waals surface area contributed by atoms with E-state index in [1.807, 2.05) is 31.2 Å². The summed E-state index contributed by atoms with van der Waals surface area (Å²) >= 11 is 0. The number of anilines is 2. The Morgan fingerprint density at radius 1 is 1.22 bits per heavy atom. The predicted octanol–water partition coefficient (Wildman–Crippen LogP) is 2.57. The van der Waals surface area contributed by atoms with Gasteiger partial charge >= 0.3 is 0 Å². The van der Waals surface area contributed by atoms with Crippen LogP contribution in [0, 0.1) is 0 Å². The van der Waals surface area contributed by atoms with Crippen LogP contribution in [-0.2, 0) is 4.79 Å². The molecule has 0 atom stereocenters. The van der Waals surface area contributed by atoms with Gasteiger partial charge in [-0.05, 0) is 56.2 Å². The third-order valence-corrected chi connectivity index (χ3v) is 4.14. The maximum Gasteiger partial charge on any atom is 0.257 e. The van der Waals surface area contributed by atoms with Gasteiger partial charge in [0.15, 0.2) is 0 Å². The first-order valence-electron chi connectivity index (χ1n) is 9.06. The molecular weight excluding hydrogens is 344 g/mol. The summed E-state index contributed by atoms with van der Waals surface area (Å²) in [6.07, 6.45) is 3.65. The molecule has 2 amide bonds. The highest BCUT2D eigenvalue weighted by atomic mass is 16.5. The molecule has 0 aliphatic heterocycles. The van der Waals surface area contributed by atoms with Crippen LogP contribution in [0.15, 0.2) is 42.6 Å². The van der Waals surface area contributed by atoms with Crippen molar-refractivity contribution in [3.05, 3.63) is 48.2 Å². The molecule has 0 radical (unpaired) electrons. The molecule has 1 heterocycles. The highest BCUT2D eigenvalue weighted by Crippen LogP contribution is 2.22. The fraction of sp³-hybridized carbons (Fsp3) is 0.350. The summed E-state index contributed by atoms with van der Waals surface area (Å²) in [6.45, 7) is 2.55. The number of benzene rings is 1. The summed E-state index contributed by atoms with van der Waals surface area (Å²) in [5.41, 5.74) is 1.20. The van der Waals surface area contributed by atoms with Crippen molar-refractivity contribution >= 4 is 23.3 Å². The summed E-state index contributed by atoms with van der Waals surface area (Å²) in [4.78, 5) is 30.4. The quantitative estimate of drug-likeness (QED) is 0.748.